The Morgan fingerprint density at radius 3 is 2.04 bits per heavy atom. The fourth-order valence-corrected chi connectivity index (χ4v) is 4.91. The Morgan fingerprint density at radius 2 is 1.53 bits per heavy atom. The minimum Gasteiger partial charge on any atom is -0.491 e. The Labute approximate surface area is 254 Å². The third-order valence-corrected chi connectivity index (χ3v) is 6.86. The third-order valence-electron chi connectivity index (χ3n) is 6.86. The smallest absolute Gasteiger partial charge is 0.416 e. The van der Waals surface area contributed by atoms with Gasteiger partial charge in [0.1, 0.15) is 17.2 Å². The SMILES string of the molecule is CC(C)Oc1ccc(-c2c(Oc3ccc(C(F)(F)F)cc3)ccc3[nH]c(CC(=O)N(C(=O)O)C4CC4)c(C(=O)O)c23)cc1.O.O. The highest BCUT2D eigenvalue weighted by Crippen LogP contribution is 2.43. The van der Waals surface area contributed by atoms with Crippen LogP contribution in [0.25, 0.3) is 22.0 Å². The van der Waals surface area contributed by atoms with Crippen LogP contribution in [-0.2, 0) is 17.4 Å². The number of carbonyl (C=O) groups excluding carboxylic acids is 1. The van der Waals surface area contributed by atoms with Crippen molar-refractivity contribution < 1.29 is 58.2 Å². The van der Waals surface area contributed by atoms with E-state index in [1.54, 1.807) is 24.3 Å². The summed E-state index contributed by atoms with van der Waals surface area (Å²) < 4.78 is 51.0. The number of fused-ring (bicyclic) bond motifs is 1. The number of rotatable bonds is 9. The first kappa shape index (κ1) is 34.4. The largest absolute Gasteiger partial charge is 0.491 e. The maximum atomic E-state index is 13.1. The van der Waals surface area contributed by atoms with Crippen LogP contribution in [0, 0.1) is 0 Å². The van der Waals surface area contributed by atoms with E-state index >= 15 is 0 Å². The number of carboxylic acid groups (broad SMARTS) is 2. The van der Waals surface area contributed by atoms with Crippen LogP contribution in [0.15, 0.2) is 60.7 Å². The summed E-state index contributed by atoms with van der Waals surface area (Å²) in [5.41, 5.74) is 0.0509. The van der Waals surface area contributed by atoms with Gasteiger partial charge in [0.15, 0.2) is 0 Å². The number of aromatic nitrogens is 1. The normalized spacial score (nSPS) is 12.7. The van der Waals surface area contributed by atoms with Gasteiger partial charge < -0.3 is 35.6 Å². The van der Waals surface area contributed by atoms with Crippen LogP contribution in [0.2, 0.25) is 0 Å². The van der Waals surface area contributed by atoms with Crippen molar-refractivity contribution in [3.05, 3.63) is 77.5 Å². The summed E-state index contributed by atoms with van der Waals surface area (Å²) >= 11 is 0. The first-order valence-electron chi connectivity index (χ1n) is 13.4. The fourth-order valence-electron chi connectivity index (χ4n) is 4.91. The summed E-state index contributed by atoms with van der Waals surface area (Å²) in [6.07, 6.45) is -5.46. The number of ether oxygens (including phenoxy) is 2. The molecule has 0 atom stereocenters. The molecule has 1 aliphatic carbocycles. The number of benzene rings is 3. The Balaban J connectivity index is 0.00000276. The lowest BCUT2D eigenvalue weighted by atomic mass is 9.96. The monoisotopic (exact) mass is 632 g/mol. The number of alkyl halides is 3. The van der Waals surface area contributed by atoms with Crippen LogP contribution in [0.5, 0.6) is 17.2 Å². The molecule has 5 rings (SSSR count). The van der Waals surface area contributed by atoms with E-state index in [4.69, 9.17) is 9.47 Å². The van der Waals surface area contributed by atoms with Crippen LogP contribution < -0.4 is 9.47 Å². The van der Waals surface area contributed by atoms with Crippen molar-refractivity contribution >= 4 is 28.9 Å². The Kier molecular flexibility index (Phi) is 10.2. The maximum absolute atomic E-state index is 13.1. The molecule has 1 fully saturated rings. The van der Waals surface area contributed by atoms with Gasteiger partial charge >= 0.3 is 18.2 Å². The number of H-pyrrole nitrogens is 1. The Bertz CT molecular complexity index is 1690. The van der Waals surface area contributed by atoms with Gasteiger partial charge in [-0.1, -0.05) is 12.1 Å². The number of hydrogen-bond acceptors (Lipinski definition) is 5. The molecule has 14 heteroatoms. The lowest BCUT2D eigenvalue weighted by Crippen LogP contribution is -2.38. The number of carboxylic acids is 1. The lowest BCUT2D eigenvalue weighted by molar-refractivity contribution is -0.137. The number of aromatic amines is 1. The first-order valence-corrected chi connectivity index (χ1v) is 13.4. The number of imide groups is 1. The quantitative estimate of drug-likeness (QED) is 0.211. The molecule has 240 valence electrons. The van der Waals surface area contributed by atoms with Gasteiger partial charge in [0, 0.05) is 28.2 Å². The van der Waals surface area contributed by atoms with Crippen molar-refractivity contribution in [3.8, 4) is 28.4 Å². The second-order valence-electron chi connectivity index (χ2n) is 10.4. The highest BCUT2D eigenvalue weighted by atomic mass is 19.4. The van der Waals surface area contributed by atoms with Gasteiger partial charge in [-0.3, -0.25) is 4.79 Å². The molecule has 4 aromatic rings. The molecule has 1 aliphatic rings. The number of aromatic carboxylic acids is 1. The second-order valence-corrected chi connectivity index (χ2v) is 10.4. The predicted molar refractivity (Wildman–Crippen MR) is 157 cm³/mol. The van der Waals surface area contributed by atoms with Crippen LogP contribution in [0.3, 0.4) is 0 Å². The Hall–Kier alpha value is -5.08. The number of halogens is 3. The van der Waals surface area contributed by atoms with E-state index in [-0.39, 0.29) is 45.2 Å². The number of hydrogen-bond donors (Lipinski definition) is 3. The molecule has 0 saturated heterocycles. The van der Waals surface area contributed by atoms with E-state index in [0.29, 0.717) is 35.2 Å². The molecule has 1 heterocycles. The van der Waals surface area contributed by atoms with Crippen LogP contribution in [0.4, 0.5) is 18.0 Å². The first-order chi connectivity index (χ1) is 20.3. The van der Waals surface area contributed by atoms with Gasteiger partial charge in [0.05, 0.1) is 23.7 Å². The summed E-state index contributed by atoms with van der Waals surface area (Å²) in [4.78, 5) is 41.1. The molecule has 0 radical (unpaired) electrons. The molecule has 7 N–H and O–H groups in total. The summed E-state index contributed by atoms with van der Waals surface area (Å²) in [5.74, 6) is -1.34. The van der Waals surface area contributed by atoms with E-state index in [1.807, 2.05) is 13.8 Å². The molecule has 11 nitrogen and oxygen atoms in total. The van der Waals surface area contributed by atoms with Gasteiger partial charge in [-0.25, -0.2) is 14.5 Å². The summed E-state index contributed by atoms with van der Waals surface area (Å²) in [6, 6.07) is 13.5. The van der Waals surface area contributed by atoms with E-state index in [9.17, 15) is 37.8 Å². The molecule has 0 unspecified atom stereocenters. The third kappa shape index (κ3) is 7.36. The van der Waals surface area contributed by atoms with Gasteiger partial charge in [-0.05, 0) is 80.8 Å². The molecule has 0 bridgehead atoms. The predicted octanol–water partition coefficient (Wildman–Crippen LogP) is 5.69. The van der Waals surface area contributed by atoms with Crippen molar-refractivity contribution in [1.82, 2.24) is 9.88 Å². The highest BCUT2D eigenvalue weighted by Gasteiger charge is 2.38. The van der Waals surface area contributed by atoms with Gasteiger partial charge in [0.2, 0.25) is 5.91 Å². The zero-order valence-corrected chi connectivity index (χ0v) is 24.1. The number of carbonyl (C=O) groups is 3. The number of amides is 2. The van der Waals surface area contributed by atoms with Crippen molar-refractivity contribution in [2.75, 3.05) is 0 Å². The van der Waals surface area contributed by atoms with Crippen LogP contribution >= 0.6 is 0 Å². The molecule has 0 aliphatic heterocycles. The van der Waals surface area contributed by atoms with Crippen molar-refractivity contribution in [2.45, 2.75) is 51.4 Å². The molecule has 0 spiro atoms. The van der Waals surface area contributed by atoms with E-state index in [0.717, 1.165) is 29.2 Å². The second kappa shape index (κ2) is 13.3. The zero-order chi connectivity index (χ0) is 31.1. The maximum Gasteiger partial charge on any atom is 0.416 e. The average molecular weight is 633 g/mol. The average Bonchev–Trinajstić information content (AvgIpc) is 3.67. The molecule has 45 heavy (non-hydrogen) atoms. The number of nitrogens with zero attached hydrogens (tertiary/aromatic N) is 1. The summed E-state index contributed by atoms with van der Waals surface area (Å²) in [6.45, 7) is 3.72. The molecular formula is C31H31F3N2O9. The Morgan fingerprint density at radius 1 is 0.933 bits per heavy atom. The van der Waals surface area contributed by atoms with E-state index in [2.05, 4.69) is 4.98 Å². The van der Waals surface area contributed by atoms with Crippen molar-refractivity contribution in [3.63, 3.8) is 0 Å². The van der Waals surface area contributed by atoms with Crippen molar-refractivity contribution in [1.29, 1.82) is 0 Å². The standard InChI is InChI=1S/C31H27F3N2O7.2H2O/c1-16(2)42-20-9-3-17(4-10-20)26-24(43-21-11-5-18(6-12-21)31(32,33)34)14-13-22-27(26)28(29(38)39)23(35-22)15-25(37)36(30(40)41)19-7-8-19;;/h3-6,9-14,16,19,35H,7-8,15H2,1-2H3,(H,38,39)(H,40,41);2*1H2. The van der Waals surface area contributed by atoms with Gasteiger partial charge in [0.25, 0.3) is 0 Å². The van der Waals surface area contributed by atoms with E-state index < -0.39 is 42.2 Å². The van der Waals surface area contributed by atoms with Crippen molar-refractivity contribution in [2.24, 2.45) is 0 Å². The lowest BCUT2D eigenvalue weighted by Gasteiger charge is -2.16. The van der Waals surface area contributed by atoms with Crippen LogP contribution in [-0.4, -0.2) is 61.2 Å². The minimum atomic E-state index is -4.53. The highest BCUT2D eigenvalue weighted by molar-refractivity contribution is 6.13. The summed E-state index contributed by atoms with van der Waals surface area (Å²) in [5, 5.41) is 20.0. The van der Waals surface area contributed by atoms with E-state index in [1.165, 1.54) is 12.1 Å². The van der Waals surface area contributed by atoms with Gasteiger partial charge in [-0.2, -0.15) is 13.2 Å². The minimum absolute atomic E-state index is 0. The molecule has 2 amide bonds. The zero-order valence-electron chi connectivity index (χ0n) is 24.1. The number of nitrogens with one attached hydrogen (secondary N) is 1. The topological polar surface area (TPSA) is 192 Å². The molecule has 3 aromatic carbocycles. The molecule has 1 aromatic heterocycles. The fraction of sp³-hybridized carbons (Fsp3) is 0.258. The van der Waals surface area contributed by atoms with Crippen LogP contribution in [0.1, 0.15) is 48.3 Å². The molecule has 1 saturated carbocycles. The van der Waals surface area contributed by atoms with Gasteiger partial charge in [-0.15, -0.1) is 0 Å². The molecular weight excluding hydrogens is 601 g/mol. The summed E-state index contributed by atoms with van der Waals surface area (Å²) in [7, 11) is 0.